The zero-order valence-electron chi connectivity index (χ0n) is 21.2. The maximum atomic E-state index is 13.7. The van der Waals surface area contributed by atoms with E-state index < -0.39 is 6.04 Å². The van der Waals surface area contributed by atoms with Crippen LogP contribution in [0.3, 0.4) is 0 Å². The smallest absolute Gasteiger partial charge is 0.273 e. The summed E-state index contributed by atoms with van der Waals surface area (Å²) in [5, 5.41) is 7.28. The lowest BCUT2D eigenvalue weighted by atomic mass is 10.1. The number of nitrogens with one attached hydrogen (secondary N) is 1. The Morgan fingerprint density at radius 3 is 2.78 bits per heavy atom. The maximum absolute atomic E-state index is 13.7. The van der Waals surface area contributed by atoms with Gasteiger partial charge in [0, 0.05) is 31.4 Å². The van der Waals surface area contributed by atoms with Gasteiger partial charge in [-0.1, -0.05) is 6.07 Å². The fourth-order valence-electron chi connectivity index (χ4n) is 4.45. The third kappa shape index (κ3) is 5.87. The molecule has 9 nitrogen and oxygen atoms in total. The summed E-state index contributed by atoms with van der Waals surface area (Å²) in [5.74, 6) is 0.878. The van der Waals surface area contributed by atoms with Crippen LogP contribution < -0.4 is 14.8 Å². The molecule has 0 bridgehead atoms. The van der Waals surface area contributed by atoms with Gasteiger partial charge in [-0.2, -0.15) is 5.10 Å². The van der Waals surface area contributed by atoms with Crippen LogP contribution in [0.15, 0.2) is 29.8 Å². The first-order valence-electron chi connectivity index (χ1n) is 12.2. The minimum absolute atomic E-state index is 0.120. The van der Waals surface area contributed by atoms with Gasteiger partial charge in [-0.25, -0.2) is 4.98 Å². The molecule has 3 heterocycles. The summed E-state index contributed by atoms with van der Waals surface area (Å²) in [6.07, 6.45) is 3.15. The number of hydrogen-bond donors (Lipinski definition) is 1. The highest BCUT2D eigenvalue weighted by atomic mass is 32.1. The summed E-state index contributed by atoms with van der Waals surface area (Å²) < 4.78 is 13.2. The van der Waals surface area contributed by atoms with E-state index in [1.807, 2.05) is 37.6 Å². The van der Waals surface area contributed by atoms with E-state index in [2.05, 4.69) is 15.4 Å². The first-order chi connectivity index (χ1) is 17.4. The lowest BCUT2D eigenvalue weighted by molar-refractivity contribution is -0.125. The van der Waals surface area contributed by atoms with Crippen LogP contribution >= 0.6 is 11.3 Å². The Balaban J connectivity index is 1.55. The van der Waals surface area contributed by atoms with Gasteiger partial charge in [0.25, 0.3) is 5.91 Å². The molecule has 1 aromatic carbocycles. The van der Waals surface area contributed by atoms with Crippen molar-refractivity contribution in [2.45, 2.75) is 52.1 Å². The number of methoxy groups -OCH3 is 1. The van der Waals surface area contributed by atoms with Crippen LogP contribution in [0.4, 0.5) is 0 Å². The SMILES string of the molecule is COc1cc(CN(C(=O)c2cc(C)nn2C)[C@H]2CCCCNC2=O)ccc1OCCc1scnc1C. The second-order valence-corrected chi connectivity index (χ2v) is 9.91. The second-order valence-electron chi connectivity index (χ2n) is 8.97. The molecule has 2 aromatic heterocycles. The molecule has 1 aliphatic heterocycles. The van der Waals surface area contributed by atoms with Crippen molar-refractivity contribution in [3.8, 4) is 11.5 Å². The van der Waals surface area contributed by atoms with E-state index in [1.54, 1.807) is 41.1 Å². The topological polar surface area (TPSA) is 98.6 Å². The van der Waals surface area contributed by atoms with Crippen LogP contribution in [0, 0.1) is 13.8 Å². The third-order valence-electron chi connectivity index (χ3n) is 6.38. The van der Waals surface area contributed by atoms with Gasteiger partial charge in [-0.05, 0) is 56.9 Å². The quantitative estimate of drug-likeness (QED) is 0.473. The molecule has 36 heavy (non-hydrogen) atoms. The third-order valence-corrected chi connectivity index (χ3v) is 7.37. The number of carbonyl (C=O) groups excluding carboxylic acids is 2. The molecule has 10 heteroatoms. The minimum atomic E-state index is -0.556. The van der Waals surface area contributed by atoms with Gasteiger partial charge in [0.15, 0.2) is 11.5 Å². The van der Waals surface area contributed by atoms with Gasteiger partial charge < -0.3 is 19.7 Å². The average Bonchev–Trinajstić information content (AvgIpc) is 3.35. The first-order valence-corrected chi connectivity index (χ1v) is 13.0. The molecular formula is C26H33N5O4S. The van der Waals surface area contributed by atoms with E-state index in [4.69, 9.17) is 9.47 Å². The molecular weight excluding hydrogens is 478 g/mol. The van der Waals surface area contributed by atoms with Gasteiger partial charge in [-0.3, -0.25) is 14.3 Å². The molecule has 0 aliphatic carbocycles. The summed E-state index contributed by atoms with van der Waals surface area (Å²) in [6, 6.07) is 6.85. The first kappa shape index (κ1) is 25.7. The fourth-order valence-corrected chi connectivity index (χ4v) is 5.21. The predicted molar refractivity (Wildman–Crippen MR) is 138 cm³/mol. The molecule has 1 aliphatic rings. The second kappa shape index (κ2) is 11.6. The standard InChI is InChI=1S/C26H33N5O4S/c1-17-13-21(30(3)29-17)26(33)31(20-7-5-6-11-27-25(20)32)15-19-8-9-22(23(14-19)34-4)35-12-10-24-18(2)28-16-36-24/h8-9,13-14,16,20H,5-7,10-12,15H2,1-4H3,(H,27,32)/t20-/m0/s1. The van der Waals surface area contributed by atoms with Crippen LogP contribution in [0.1, 0.15) is 51.6 Å². The number of aryl methyl sites for hydroxylation is 3. The molecule has 0 unspecified atom stereocenters. The summed E-state index contributed by atoms with van der Waals surface area (Å²) in [5.41, 5.74) is 4.93. The van der Waals surface area contributed by atoms with Crippen LogP contribution in [0.2, 0.25) is 0 Å². The molecule has 192 valence electrons. The normalized spacial score (nSPS) is 15.8. The number of hydrogen-bond acceptors (Lipinski definition) is 7. The van der Waals surface area contributed by atoms with Crippen molar-refractivity contribution < 1.29 is 19.1 Å². The van der Waals surface area contributed by atoms with Gasteiger partial charge in [-0.15, -0.1) is 11.3 Å². The zero-order valence-corrected chi connectivity index (χ0v) is 22.1. The highest BCUT2D eigenvalue weighted by Crippen LogP contribution is 2.30. The Labute approximate surface area is 215 Å². The number of amides is 2. The average molecular weight is 512 g/mol. The lowest BCUT2D eigenvalue weighted by Gasteiger charge is -2.30. The Hall–Kier alpha value is -3.40. The fraction of sp³-hybridized carbons (Fsp3) is 0.462. The number of ether oxygens (including phenoxy) is 2. The van der Waals surface area contributed by atoms with Crippen molar-refractivity contribution in [1.29, 1.82) is 0 Å². The van der Waals surface area contributed by atoms with Crippen molar-refractivity contribution >= 4 is 23.2 Å². The molecule has 4 rings (SSSR count). The zero-order chi connectivity index (χ0) is 25.7. The van der Waals surface area contributed by atoms with Gasteiger partial charge in [0.1, 0.15) is 11.7 Å². The number of thiazole rings is 1. The molecule has 1 atom stereocenters. The van der Waals surface area contributed by atoms with Crippen LogP contribution in [-0.2, 0) is 24.8 Å². The van der Waals surface area contributed by atoms with Crippen molar-refractivity contribution in [3.63, 3.8) is 0 Å². The Bertz CT molecular complexity index is 1220. The molecule has 3 aromatic rings. The number of carbonyl (C=O) groups is 2. The number of aromatic nitrogens is 3. The Kier molecular flexibility index (Phi) is 8.25. The van der Waals surface area contributed by atoms with Crippen molar-refractivity contribution in [3.05, 3.63) is 57.3 Å². The highest BCUT2D eigenvalue weighted by Gasteiger charge is 2.33. The Morgan fingerprint density at radius 1 is 1.25 bits per heavy atom. The molecule has 1 N–H and O–H groups in total. The van der Waals surface area contributed by atoms with Crippen LogP contribution in [0.5, 0.6) is 11.5 Å². The van der Waals surface area contributed by atoms with Crippen molar-refractivity contribution in [2.75, 3.05) is 20.3 Å². The van der Waals surface area contributed by atoms with Crippen LogP contribution in [0.25, 0.3) is 0 Å². The summed E-state index contributed by atoms with van der Waals surface area (Å²) in [6.45, 7) is 5.24. The van der Waals surface area contributed by atoms with E-state index in [1.165, 1.54) is 4.88 Å². The van der Waals surface area contributed by atoms with E-state index in [0.29, 0.717) is 36.8 Å². The summed E-state index contributed by atoms with van der Waals surface area (Å²) >= 11 is 1.62. The van der Waals surface area contributed by atoms with Gasteiger partial charge in [0.05, 0.1) is 30.6 Å². The van der Waals surface area contributed by atoms with E-state index in [9.17, 15) is 9.59 Å². The number of benzene rings is 1. The highest BCUT2D eigenvalue weighted by molar-refractivity contribution is 7.09. The molecule has 2 amide bonds. The van der Waals surface area contributed by atoms with Crippen molar-refractivity contribution in [1.82, 2.24) is 25.0 Å². The predicted octanol–water partition coefficient (Wildman–Crippen LogP) is 3.43. The molecule has 0 spiro atoms. The van der Waals surface area contributed by atoms with Gasteiger partial charge in [0.2, 0.25) is 5.91 Å². The monoisotopic (exact) mass is 511 g/mol. The molecule has 0 saturated carbocycles. The largest absolute Gasteiger partial charge is 0.493 e. The summed E-state index contributed by atoms with van der Waals surface area (Å²) in [4.78, 5) is 33.7. The maximum Gasteiger partial charge on any atom is 0.273 e. The van der Waals surface area contributed by atoms with E-state index in [0.717, 1.165) is 36.2 Å². The van der Waals surface area contributed by atoms with E-state index in [-0.39, 0.29) is 18.4 Å². The summed E-state index contributed by atoms with van der Waals surface area (Å²) in [7, 11) is 3.34. The van der Waals surface area contributed by atoms with Gasteiger partial charge >= 0.3 is 0 Å². The Morgan fingerprint density at radius 2 is 2.08 bits per heavy atom. The minimum Gasteiger partial charge on any atom is -0.493 e. The molecule has 1 fully saturated rings. The molecule has 1 saturated heterocycles. The van der Waals surface area contributed by atoms with Crippen molar-refractivity contribution in [2.24, 2.45) is 7.05 Å². The molecule has 0 radical (unpaired) electrons. The van der Waals surface area contributed by atoms with Crippen LogP contribution in [-0.4, -0.2) is 57.8 Å². The lowest BCUT2D eigenvalue weighted by Crippen LogP contribution is -2.48. The van der Waals surface area contributed by atoms with E-state index >= 15 is 0 Å². The number of rotatable bonds is 9. The number of nitrogens with zero attached hydrogens (tertiary/aromatic N) is 4.